The molecule has 4 heteroatoms. The third kappa shape index (κ3) is 2.64. The molecule has 0 saturated heterocycles. The summed E-state index contributed by atoms with van der Waals surface area (Å²) in [6.07, 6.45) is 9.18. The first-order valence-electron chi connectivity index (χ1n) is 6.74. The van der Waals surface area contributed by atoms with E-state index in [1.54, 1.807) is 6.20 Å². The Morgan fingerprint density at radius 1 is 1.39 bits per heavy atom. The molecule has 1 aromatic rings. The van der Waals surface area contributed by atoms with Crippen LogP contribution in [0.25, 0.3) is 0 Å². The maximum Gasteiger partial charge on any atom is 0.166 e. The molecule has 0 aromatic carbocycles. The van der Waals surface area contributed by atoms with Crippen LogP contribution in [0, 0.1) is 11.8 Å². The van der Waals surface area contributed by atoms with Gasteiger partial charge in [-0.1, -0.05) is 12.5 Å². The number of fused-ring (bicyclic) bond motifs is 2. The maximum absolute atomic E-state index is 5.36. The quantitative estimate of drug-likeness (QED) is 0.818. The molecular weight excluding hydrogens is 242 g/mol. The third-order valence-corrected chi connectivity index (χ3v) is 4.49. The van der Waals surface area contributed by atoms with Crippen molar-refractivity contribution in [1.29, 1.82) is 0 Å². The van der Waals surface area contributed by atoms with Gasteiger partial charge in [0.1, 0.15) is 0 Å². The van der Waals surface area contributed by atoms with E-state index in [0.717, 1.165) is 29.1 Å². The molecule has 1 aromatic heterocycles. The molecule has 2 saturated carbocycles. The van der Waals surface area contributed by atoms with Gasteiger partial charge < -0.3 is 10.6 Å². The number of nitrogens with zero attached hydrogens (tertiary/aromatic N) is 1. The van der Waals surface area contributed by atoms with E-state index in [9.17, 15) is 0 Å². The largest absolute Gasteiger partial charge is 0.360 e. The Morgan fingerprint density at radius 3 is 3.00 bits per heavy atom. The van der Waals surface area contributed by atoms with Crippen LogP contribution >= 0.6 is 12.2 Å². The fraction of sp³-hybridized carbons (Fsp3) is 0.571. The molecule has 2 aliphatic carbocycles. The van der Waals surface area contributed by atoms with Crippen molar-refractivity contribution < 1.29 is 0 Å². The summed E-state index contributed by atoms with van der Waals surface area (Å²) in [7, 11) is 0. The van der Waals surface area contributed by atoms with E-state index >= 15 is 0 Å². The monoisotopic (exact) mass is 261 g/mol. The minimum absolute atomic E-state index is 0.609. The van der Waals surface area contributed by atoms with Crippen LogP contribution in [0.15, 0.2) is 24.5 Å². The Bertz CT molecular complexity index is 420. The second kappa shape index (κ2) is 5.22. The maximum atomic E-state index is 5.36. The van der Waals surface area contributed by atoms with Gasteiger partial charge in [-0.05, 0) is 54.9 Å². The lowest BCUT2D eigenvalue weighted by atomic mass is 9.96. The average Bonchev–Trinajstić information content (AvgIpc) is 3.00. The zero-order chi connectivity index (χ0) is 12.4. The zero-order valence-electron chi connectivity index (χ0n) is 10.4. The first kappa shape index (κ1) is 11.9. The van der Waals surface area contributed by atoms with E-state index in [0.29, 0.717) is 6.04 Å². The molecule has 3 nitrogen and oxygen atoms in total. The smallest absolute Gasteiger partial charge is 0.166 e. The Hall–Kier alpha value is -1.16. The number of pyridine rings is 1. The molecular formula is C14H19N3S. The van der Waals surface area contributed by atoms with Gasteiger partial charge in [-0.15, -0.1) is 0 Å². The van der Waals surface area contributed by atoms with Gasteiger partial charge in [0.05, 0.1) is 0 Å². The Kier molecular flexibility index (Phi) is 3.46. The van der Waals surface area contributed by atoms with Gasteiger partial charge in [0.25, 0.3) is 0 Å². The number of aromatic nitrogens is 1. The SMILES string of the molecule is S=C(NCc1cccnc1)N[C@@H]1C[C@H]2CC[C@H]1C2. The van der Waals surface area contributed by atoms with Crippen molar-refractivity contribution >= 4 is 17.3 Å². The van der Waals surface area contributed by atoms with E-state index in [4.69, 9.17) is 12.2 Å². The van der Waals surface area contributed by atoms with Crippen LogP contribution in [-0.4, -0.2) is 16.1 Å². The lowest BCUT2D eigenvalue weighted by Crippen LogP contribution is -2.43. The summed E-state index contributed by atoms with van der Waals surface area (Å²) in [5, 5.41) is 7.53. The normalized spacial score (nSPS) is 29.2. The van der Waals surface area contributed by atoms with Crippen molar-refractivity contribution in [2.75, 3.05) is 0 Å². The first-order valence-corrected chi connectivity index (χ1v) is 7.15. The fourth-order valence-corrected chi connectivity index (χ4v) is 3.55. The number of thiocarbonyl (C=S) groups is 1. The van der Waals surface area contributed by atoms with Crippen LogP contribution in [0.5, 0.6) is 0 Å². The summed E-state index contributed by atoms with van der Waals surface area (Å²) < 4.78 is 0. The summed E-state index contributed by atoms with van der Waals surface area (Å²) in [6.45, 7) is 0.750. The third-order valence-electron chi connectivity index (χ3n) is 4.23. The van der Waals surface area contributed by atoms with Crippen molar-refractivity contribution in [2.24, 2.45) is 11.8 Å². The minimum Gasteiger partial charge on any atom is -0.360 e. The van der Waals surface area contributed by atoms with Crippen LogP contribution in [-0.2, 0) is 6.54 Å². The molecule has 0 unspecified atom stereocenters. The molecule has 2 aliphatic rings. The van der Waals surface area contributed by atoms with Gasteiger partial charge in [-0.25, -0.2) is 0 Å². The fourth-order valence-electron chi connectivity index (χ4n) is 3.33. The summed E-state index contributed by atoms with van der Waals surface area (Å²) in [5.41, 5.74) is 1.16. The molecule has 2 N–H and O–H groups in total. The number of hydrogen-bond acceptors (Lipinski definition) is 2. The van der Waals surface area contributed by atoms with E-state index in [2.05, 4.69) is 21.7 Å². The molecule has 2 bridgehead atoms. The van der Waals surface area contributed by atoms with Gasteiger partial charge in [-0.2, -0.15) is 0 Å². The Labute approximate surface area is 113 Å². The van der Waals surface area contributed by atoms with E-state index in [1.165, 1.54) is 25.7 Å². The van der Waals surface area contributed by atoms with Gasteiger partial charge in [0, 0.05) is 25.0 Å². The van der Waals surface area contributed by atoms with Crippen molar-refractivity contribution in [3.63, 3.8) is 0 Å². The predicted octanol–water partition coefficient (Wildman–Crippen LogP) is 2.23. The van der Waals surface area contributed by atoms with Crippen LogP contribution < -0.4 is 10.6 Å². The lowest BCUT2D eigenvalue weighted by molar-refractivity contribution is 0.389. The summed E-state index contributed by atoms with van der Waals surface area (Å²) in [5.74, 6) is 1.81. The molecule has 0 amide bonds. The molecule has 3 atom stereocenters. The summed E-state index contributed by atoms with van der Waals surface area (Å²) in [4.78, 5) is 4.09. The summed E-state index contributed by atoms with van der Waals surface area (Å²) in [6, 6.07) is 4.61. The molecule has 18 heavy (non-hydrogen) atoms. The minimum atomic E-state index is 0.609. The van der Waals surface area contributed by atoms with Crippen LogP contribution in [0.2, 0.25) is 0 Å². The average molecular weight is 261 g/mol. The van der Waals surface area contributed by atoms with E-state index < -0.39 is 0 Å². The highest BCUT2D eigenvalue weighted by Gasteiger charge is 2.39. The van der Waals surface area contributed by atoms with Gasteiger partial charge in [0.15, 0.2) is 5.11 Å². The topological polar surface area (TPSA) is 37.0 Å². The molecule has 0 aliphatic heterocycles. The molecule has 96 valence electrons. The standard InChI is InChI=1S/C14H19N3S/c18-14(16-9-11-2-1-5-15-8-11)17-13-7-10-3-4-12(13)6-10/h1-2,5,8,10,12-13H,3-4,6-7,9H2,(H2,16,17,18)/t10-,12-,13+/m0/s1. The van der Waals surface area contributed by atoms with Crippen LogP contribution in [0.4, 0.5) is 0 Å². The molecule has 3 rings (SSSR count). The molecule has 0 spiro atoms. The lowest BCUT2D eigenvalue weighted by Gasteiger charge is -2.24. The number of rotatable bonds is 3. The molecule has 1 heterocycles. The van der Waals surface area contributed by atoms with Crippen LogP contribution in [0.1, 0.15) is 31.2 Å². The number of nitrogens with one attached hydrogen (secondary N) is 2. The number of hydrogen-bond donors (Lipinski definition) is 2. The molecule has 0 radical (unpaired) electrons. The highest BCUT2D eigenvalue weighted by molar-refractivity contribution is 7.80. The highest BCUT2D eigenvalue weighted by atomic mass is 32.1. The Balaban J connectivity index is 1.45. The first-order chi connectivity index (χ1) is 8.81. The van der Waals surface area contributed by atoms with Crippen molar-refractivity contribution in [3.05, 3.63) is 30.1 Å². The zero-order valence-corrected chi connectivity index (χ0v) is 11.2. The van der Waals surface area contributed by atoms with Gasteiger partial charge in [0.2, 0.25) is 0 Å². The highest BCUT2D eigenvalue weighted by Crippen LogP contribution is 2.44. The van der Waals surface area contributed by atoms with Gasteiger partial charge in [-0.3, -0.25) is 4.98 Å². The molecule has 2 fully saturated rings. The Morgan fingerprint density at radius 2 is 2.33 bits per heavy atom. The predicted molar refractivity (Wildman–Crippen MR) is 76.0 cm³/mol. The second-order valence-electron chi connectivity index (χ2n) is 5.47. The van der Waals surface area contributed by atoms with Crippen molar-refractivity contribution in [1.82, 2.24) is 15.6 Å². The van der Waals surface area contributed by atoms with Gasteiger partial charge >= 0.3 is 0 Å². The van der Waals surface area contributed by atoms with Crippen LogP contribution in [0.3, 0.4) is 0 Å². The van der Waals surface area contributed by atoms with E-state index in [-0.39, 0.29) is 0 Å². The second-order valence-corrected chi connectivity index (χ2v) is 5.88. The van der Waals surface area contributed by atoms with Crippen molar-refractivity contribution in [2.45, 2.75) is 38.3 Å². The van der Waals surface area contributed by atoms with Crippen molar-refractivity contribution in [3.8, 4) is 0 Å². The summed E-state index contributed by atoms with van der Waals surface area (Å²) >= 11 is 5.36. The van der Waals surface area contributed by atoms with E-state index in [1.807, 2.05) is 12.3 Å².